The third-order valence-corrected chi connectivity index (χ3v) is 5.20. The highest BCUT2D eigenvalue weighted by molar-refractivity contribution is 6.18. The third kappa shape index (κ3) is 5.13. The summed E-state index contributed by atoms with van der Waals surface area (Å²) < 4.78 is 45.5. The number of allylic oxidation sites excluding steroid dienone is 3. The van der Waals surface area contributed by atoms with Crippen molar-refractivity contribution in [1.29, 1.82) is 0 Å². The molecule has 3 rings (SSSR count). The molecule has 0 saturated carbocycles. The molecule has 0 atom stereocenters. The number of esters is 1. The normalized spacial score (nSPS) is 16.6. The number of carbonyl (C=O) groups is 2. The molecule has 34 heavy (non-hydrogen) atoms. The summed E-state index contributed by atoms with van der Waals surface area (Å²) in [6.45, 7) is 8.32. The van der Waals surface area contributed by atoms with Crippen LogP contribution in [0.25, 0.3) is 16.6 Å². The lowest BCUT2D eigenvalue weighted by Gasteiger charge is -2.29. The first-order valence-corrected chi connectivity index (χ1v) is 10.7. The van der Waals surface area contributed by atoms with Gasteiger partial charge in [0.2, 0.25) is 0 Å². The van der Waals surface area contributed by atoms with Crippen LogP contribution in [0.5, 0.6) is 0 Å². The van der Waals surface area contributed by atoms with E-state index >= 15 is 0 Å². The number of amides is 1. The molecule has 0 aromatic carbocycles. The van der Waals surface area contributed by atoms with Crippen molar-refractivity contribution >= 4 is 28.5 Å². The lowest BCUT2D eigenvalue weighted by molar-refractivity contribution is -0.140. The summed E-state index contributed by atoms with van der Waals surface area (Å²) in [6, 6.07) is 1.28. The Balaban J connectivity index is 2.24. The van der Waals surface area contributed by atoms with Crippen LogP contribution in [0.15, 0.2) is 54.4 Å². The molecule has 0 fully saturated rings. The Labute approximate surface area is 195 Å². The van der Waals surface area contributed by atoms with Crippen LogP contribution in [-0.2, 0) is 19.7 Å². The lowest BCUT2D eigenvalue weighted by Crippen LogP contribution is -2.37. The van der Waals surface area contributed by atoms with Crippen molar-refractivity contribution in [3.8, 4) is 0 Å². The summed E-state index contributed by atoms with van der Waals surface area (Å²) in [5.41, 5.74) is 0.933. The summed E-state index contributed by atoms with van der Waals surface area (Å²) in [6.07, 6.45) is 5.25. The van der Waals surface area contributed by atoms with Crippen LogP contribution in [0.2, 0.25) is 0 Å². The largest absolute Gasteiger partial charge is 0.459 e. The molecule has 9 heteroatoms. The predicted octanol–water partition coefficient (Wildman–Crippen LogP) is 5.40. The van der Waals surface area contributed by atoms with Crippen molar-refractivity contribution in [3.05, 3.63) is 71.5 Å². The van der Waals surface area contributed by atoms with Crippen molar-refractivity contribution in [1.82, 2.24) is 14.9 Å². The van der Waals surface area contributed by atoms with E-state index in [1.807, 2.05) is 13.8 Å². The van der Waals surface area contributed by atoms with Gasteiger partial charge in [-0.15, -0.1) is 0 Å². The van der Waals surface area contributed by atoms with Gasteiger partial charge in [-0.05, 0) is 39.0 Å². The minimum absolute atomic E-state index is 0.0295. The maximum Gasteiger partial charge on any atom is 0.342 e. The van der Waals surface area contributed by atoms with Crippen molar-refractivity contribution in [2.75, 3.05) is 6.54 Å². The topological polar surface area (TPSA) is 75.3 Å². The zero-order valence-electron chi connectivity index (χ0n) is 19.6. The second-order valence-corrected chi connectivity index (χ2v) is 8.91. The molecular weight excluding hydrogens is 447 g/mol. The average molecular weight is 473 g/mol. The highest BCUT2D eigenvalue weighted by atomic mass is 19.1. The van der Waals surface area contributed by atoms with E-state index < -0.39 is 35.0 Å². The Morgan fingerprint density at radius 3 is 2.62 bits per heavy atom. The maximum absolute atomic E-state index is 13.8. The second kappa shape index (κ2) is 9.70. The van der Waals surface area contributed by atoms with Gasteiger partial charge < -0.3 is 14.6 Å². The monoisotopic (exact) mass is 473 g/mol. The van der Waals surface area contributed by atoms with Crippen molar-refractivity contribution < 1.29 is 27.5 Å². The number of aromatic amines is 1. The van der Waals surface area contributed by atoms with E-state index in [-0.39, 0.29) is 24.0 Å². The zero-order valence-corrected chi connectivity index (χ0v) is 19.6. The molecule has 180 valence electrons. The van der Waals surface area contributed by atoms with E-state index in [2.05, 4.69) is 9.97 Å². The number of halogens is 3. The van der Waals surface area contributed by atoms with Crippen LogP contribution in [-0.4, -0.2) is 39.4 Å². The Bertz CT molecular complexity index is 1250. The highest BCUT2D eigenvalue weighted by Crippen LogP contribution is 2.40. The third-order valence-electron chi connectivity index (χ3n) is 5.20. The van der Waals surface area contributed by atoms with Gasteiger partial charge in [-0.25, -0.2) is 18.0 Å². The standard InChI is InChI=1S/C25H26F3N3O3/c1-14(2)34-24(33)18-12-31(23(32)16(8-9-26)7-6-15(3)27)13-25(4,5)20-21(18)30-19-10-17(28)11-29-22(19)20/h6-12,14,30H,13H2,1-5H3/b9-8+,15-6+,16-7+. The van der Waals surface area contributed by atoms with E-state index in [1.165, 1.54) is 24.1 Å². The number of fused-ring (bicyclic) bond motifs is 3. The van der Waals surface area contributed by atoms with Crippen molar-refractivity contribution in [2.24, 2.45) is 0 Å². The highest BCUT2D eigenvalue weighted by Gasteiger charge is 2.38. The Hall–Kier alpha value is -3.62. The van der Waals surface area contributed by atoms with Crippen molar-refractivity contribution in [2.45, 2.75) is 46.1 Å². The summed E-state index contributed by atoms with van der Waals surface area (Å²) in [5.74, 6) is -2.46. The Kier molecular flexibility index (Phi) is 7.14. The molecule has 1 aliphatic heterocycles. The van der Waals surface area contributed by atoms with E-state index in [1.54, 1.807) is 13.8 Å². The van der Waals surface area contributed by atoms with Crippen LogP contribution >= 0.6 is 0 Å². The van der Waals surface area contributed by atoms with Gasteiger partial charge in [0.05, 0.1) is 46.8 Å². The van der Waals surface area contributed by atoms with Crippen LogP contribution < -0.4 is 0 Å². The number of pyridine rings is 1. The van der Waals surface area contributed by atoms with E-state index in [0.717, 1.165) is 24.4 Å². The van der Waals surface area contributed by atoms with Crippen molar-refractivity contribution in [3.63, 3.8) is 0 Å². The Morgan fingerprint density at radius 2 is 2.00 bits per heavy atom. The summed E-state index contributed by atoms with van der Waals surface area (Å²) in [4.78, 5) is 34.9. The zero-order chi connectivity index (χ0) is 25.2. The van der Waals surface area contributed by atoms with Gasteiger partial charge in [-0.2, -0.15) is 0 Å². The number of carbonyl (C=O) groups excluding carboxylic acids is 2. The van der Waals surface area contributed by atoms with Gasteiger partial charge in [0.15, 0.2) is 0 Å². The van der Waals surface area contributed by atoms with Gasteiger partial charge in [0.1, 0.15) is 5.82 Å². The van der Waals surface area contributed by atoms with Crippen LogP contribution in [0.1, 0.15) is 45.9 Å². The van der Waals surface area contributed by atoms with E-state index in [0.29, 0.717) is 22.3 Å². The number of aromatic nitrogens is 2. The number of rotatable bonds is 5. The molecule has 1 amide bonds. The molecule has 1 aliphatic rings. The molecule has 0 spiro atoms. The molecule has 3 heterocycles. The fourth-order valence-corrected chi connectivity index (χ4v) is 3.88. The number of H-pyrrole nitrogens is 1. The van der Waals surface area contributed by atoms with Gasteiger partial charge in [-0.3, -0.25) is 9.78 Å². The first-order chi connectivity index (χ1) is 15.9. The number of ether oxygens (including phenoxy) is 1. The van der Waals surface area contributed by atoms with Crippen LogP contribution in [0, 0.1) is 5.82 Å². The minimum Gasteiger partial charge on any atom is -0.459 e. The fraction of sp³-hybridized carbons (Fsp3) is 0.320. The molecule has 2 aromatic rings. The number of nitrogens with one attached hydrogen (secondary N) is 1. The summed E-state index contributed by atoms with van der Waals surface area (Å²) >= 11 is 0. The lowest BCUT2D eigenvalue weighted by atomic mass is 9.83. The van der Waals surface area contributed by atoms with Crippen LogP contribution in [0.4, 0.5) is 13.2 Å². The number of hydrogen-bond acceptors (Lipinski definition) is 4. The maximum atomic E-state index is 13.8. The SMILES string of the molecule is C\C(F)=C/C=C(\C=C\F)C(=O)N1C=C(C(=O)OC(C)C)c2[nH]c3cc(F)cnc3c2C(C)(C)C1. The first kappa shape index (κ1) is 25.0. The van der Waals surface area contributed by atoms with Gasteiger partial charge >= 0.3 is 5.97 Å². The Morgan fingerprint density at radius 1 is 1.29 bits per heavy atom. The molecular formula is C25H26F3N3O3. The molecule has 6 nitrogen and oxygen atoms in total. The molecule has 0 aliphatic carbocycles. The molecule has 0 saturated heterocycles. The first-order valence-electron chi connectivity index (χ1n) is 10.7. The molecule has 0 radical (unpaired) electrons. The summed E-state index contributed by atoms with van der Waals surface area (Å²) in [5, 5.41) is 0. The predicted molar refractivity (Wildman–Crippen MR) is 123 cm³/mol. The minimum atomic E-state index is -0.777. The number of hydrogen-bond donors (Lipinski definition) is 1. The molecule has 0 unspecified atom stereocenters. The smallest absolute Gasteiger partial charge is 0.342 e. The fourth-order valence-electron chi connectivity index (χ4n) is 3.88. The summed E-state index contributed by atoms with van der Waals surface area (Å²) in [7, 11) is 0. The van der Waals surface area contributed by atoms with Crippen LogP contribution in [0.3, 0.4) is 0 Å². The van der Waals surface area contributed by atoms with E-state index in [9.17, 15) is 22.8 Å². The molecule has 0 bridgehead atoms. The number of nitrogens with zero attached hydrogens (tertiary/aromatic N) is 2. The van der Waals surface area contributed by atoms with Gasteiger partial charge in [0.25, 0.3) is 5.91 Å². The average Bonchev–Trinajstić information content (AvgIpc) is 3.06. The van der Waals surface area contributed by atoms with Gasteiger partial charge in [0, 0.05) is 35.4 Å². The molecule has 1 N–H and O–H groups in total. The molecule has 2 aromatic heterocycles. The van der Waals surface area contributed by atoms with Gasteiger partial charge in [-0.1, -0.05) is 13.8 Å². The van der Waals surface area contributed by atoms with E-state index in [4.69, 9.17) is 4.74 Å². The quantitative estimate of drug-likeness (QED) is 0.359. The second-order valence-electron chi connectivity index (χ2n) is 8.91.